The molecule has 4 unspecified atom stereocenters. The summed E-state index contributed by atoms with van der Waals surface area (Å²) in [6.45, 7) is 2.76. The quantitative estimate of drug-likeness (QED) is 0.591. The smallest absolute Gasteiger partial charge is 0.141 e. The number of allylic oxidation sites excluding steroid dienone is 2. The van der Waals surface area contributed by atoms with E-state index in [2.05, 4.69) is 10.3 Å². The molecule has 1 saturated carbocycles. The third-order valence-corrected chi connectivity index (χ3v) is 7.33. The SMILES string of the molecule is OC(COC1=CC2C(Nc3ccc(F)c(C4CC4)c3)=NC(C3C=NC=CC3)=NC2C=C1)N1CCOCC1. The van der Waals surface area contributed by atoms with Crippen LogP contribution >= 0.6 is 0 Å². The summed E-state index contributed by atoms with van der Waals surface area (Å²) >= 11 is 0. The van der Waals surface area contributed by atoms with E-state index in [4.69, 9.17) is 19.5 Å². The minimum absolute atomic E-state index is 0.0108. The summed E-state index contributed by atoms with van der Waals surface area (Å²) in [6.07, 6.45) is 13.8. The molecular formula is C28H32FN5O3. The van der Waals surface area contributed by atoms with Gasteiger partial charge < -0.3 is 19.9 Å². The zero-order chi connectivity index (χ0) is 25.2. The van der Waals surface area contributed by atoms with E-state index < -0.39 is 6.23 Å². The van der Waals surface area contributed by atoms with E-state index in [1.807, 2.05) is 41.5 Å². The molecule has 0 radical (unpaired) electrons. The molecule has 0 aromatic heterocycles. The molecular weight excluding hydrogens is 473 g/mol. The zero-order valence-corrected chi connectivity index (χ0v) is 20.7. The predicted octanol–water partition coefficient (Wildman–Crippen LogP) is 3.64. The van der Waals surface area contributed by atoms with Gasteiger partial charge in [0.1, 0.15) is 36.1 Å². The number of hydrogen-bond donors (Lipinski definition) is 2. The second kappa shape index (κ2) is 10.7. The average molecular weight is 506 g/mol. The molecule has 3 heterocycles. The van der Waals surface area contributed by atoms with Gasteiger partial charge in [0.05, 0.1) is 31.1 Å². The second-order valence-corrected chi connectivity index (χ2v) is 10.0. The lowest BCUT2D eigenvalue weighted by atomic mass is 9.90. The summed E-state index contributed by atoms with van der Waals surface area (Å²) < 4.78 is 25.7. The molecule has 2 N–H and O–H groups in total. The first-order valence-corrected chi connectivity index (χ1v) is 13.1. The Morgan fingerprint density at radius 3 is 2.89 bits per heavy atom. The molecule has 4 atom stereocenters. The molecule has 8 nitrogen and oxygen atoms in total. The van der Waals surface area contributed by atoms with Crippen LogP contribution in [0.15, 0.2) is 69.4 Å². The maximum Gasteiger partial charge on any atom is 0.141 e. The summed E-state index contributed by atoms with van der Waals surface area (Å²) in [5, 5.41) is 14.0. The van der Waals surface area contributed by atoms with E-state index >= 15 is 0 Å². The molecule has 2 fully saturated rings. The van der Waals surface area contributed by atoms with E-state index in [0.29, 0.717) is 38.0 Å². The fraction of sp³-hybridized carbons (Fsp3) is 0.464. The molecule has 0 bridgehead atoms. The molecule has 37 heavy (non-hydrogen) atoms. The van der Waals surface area contributed by atoms with Crippen LogP contribution in [0.1, 0.15) is 30.7 Å². The highest BCUT2D eigenvalue weighted by Crippen LogP contribution is 2.42. The van der Waals surface area contributed by atoms with E-state index in [9.17, 15) is 9.50 Å². The first kappa shape index (κ1) is 24.2. The van der Waals surface area contributed by atoms with Crippen molar-refractivity contribution >= 4 is 23.6 Å². The number of benzene rings is 1. The molecule has 1 aromatic rings. The van der Waals surface area contributed by atoms with Gasteiger partial charge in [0, 0.05) is 31.2 Å². The topological polar surface area (TPSA) is 91.0 Å². The van der Waals surface area contributed by atoms with Crippen molar-refractivity contribution in [1.29, 1.82) is 0 Å². The van der Waals surface area contributed by atoms with Crippen molar-refractivity contribution < 1.29 is 19.0 Å². The average Bonchev–Trinajstić information content (AvgIpc) is 3.79. The Hall–Kier alpha value is -3.14. The van der Waals surface area contributed by atoms with Gasteiger partial charge in [0.15, 0.2) is 0 Å². The Labute approximate surface area is 216 Å². The van der Waals surface area contributed by atoms with Gasteiger partial charge in [0.2, 0.25) is 0 Å². The van der Waals surface area contributed by atoms with Crippen molar-refractivity contribution in [3.05, 3.63) is 65.8 Å². The molecule has 0 spiro atoms. The molecule has 1 saturated heterocycles. The number of amidine groups is 2. The van der Waals surface area contributed by atoms with Gasteiger partial charge in [-0.25, -0.2) is 9.38 Å². The van der Waals surface area contributed by atoms with Crippen LogP contribution < -0.4 is 5.32 Å². The van der Waals surface area contributed by atoms with E-state index in [1.54, 1.807) is 12.3 Å². The lowest BCUT2D eigenvalue weighted by molar-refractivity contribution is -0.0836. The van der Waals surface area contributed by atoms with Gasteiger partial charge >= 0.3 is 0 Å². The van der Waals surface area contributed by atoms with Crippen LogP contribution in [0.5, 0.6) is 0 Å². The fourth-order valence-corrected chi connectivity index (χ4v) is 5.06. The van der Waals surface area contributed by atoms with Crippen molar-refractivity contribution in [2.75, 3.05) is 38.2 Å². The Morgan fingerprint density at radius 1 is 1.24 bits per heavy atom. The summed E-state index contributed by atoms with van der Waals surface area (Å²) in [5.74, 6) is 2.13. The molecule has 5 aliphatic rings. The number of ether oxygens (including phenoxy) is 2. The number of aliphatic imine (C=N–C) groups is 3. The standard InChI is InChI=1S/C28H32FN5O3/c29-24-7-5-20(14-22(24)18-3-4-18)31-28-23-15-21(37-17-26(35)34-10-12-36-13-11-34)6-8-25(23)32-27(33-28)19-2-1-9-30-16-19/h1,5-9,14-16,18-19,23,25-26,35H,2-4,10-13,17H2,(H,31,32,33). The normalized spacial score (nSPS) is 28.2. The number of anilines is 1. The number of nitrogens with zero attached hydrogens (tertiary/aromatic N) is 4. The molecule has 1 aromatic carbocycles. The maximum absolute atomic E-state index is 14.4. The first-order chi connectivity index (χ1) is 18.1. The van der Waals surface area contributed by atoms with Crippen molar-refractivity contribution in [1.82, 2.24) is 4.90 Å². The van der Waals surface area contributed by atoms with Crippen molar-refractivity contribution in [2.45, 2.75) is 37.5 Å². The van der Waals surface area contributed by atoms with Crippen molar-refractivity contribution in [3.63, 3.8) is 0 Å². The van der Waals surface area contributed by atoms with Crippen LogP contribution in [-0.4, -0.2) is 73.1 Å². The summed E-state index contributed by atoms with van der Waals surface area (Å²) in [5.41, 5.74) is 1.57. The lowest BCUT2D eigenvalue weighted by Crippen LogP contribution is -2.45. The van der Waals surface area contributed by atoms with Gasteiger partial charge in [-0.05, 0) is 61.1 Å². The highest BCUT2D eigenvalue weighted by molar-refractivity contribution is 6.11. The maximum atomic E-state index is 14.4. The van der Waals surface area contributed by atoms with Gasteiger partial charge in [-0.2, -0.15) is 0 Å². The largest absolute Gasteiger partial charge is 0.490 e. The molecule has 0 amide bonds. The van der Waals surface area contributed by atoms with Crippen LogP contribution in [0.25, 0.3) is 0 Å². The number of morpholine rings is 1. The number of nitrogens with one attached hydrogen (secondary N) is 1. The molecule has 3 aliphatic heterocycles. The Balaban J connectivity index is 1.22. The minimum Gasteiger partial charge on any atom is -0.490 e. The third kappa shape index (κ3) is 5.58. The minimum atomic E-state index is -0.697. The summed E-state index contributed by atoms with van der Waals surface area (Å²) in [4.78, 5) is 16.1. The Kier molecular flexibility index (Phi) is 6.99. The van der Waals surface area contributed by atoms with Crippen LogP contribution in [0.2, 0.25) is 0 Å². The van der Waals surface area contributed by atoms with Gasteiger partial charge in [-0.3, -0.25) is 14.9 Å². The molecule has 6 rings (SSSR count). The Bertz CT molecular complexity index is 1200. The lowest BCUT2D eigenvalue weighted by Gasteiger charge is -2.32. The number of aliphatic hydroxyl groups excluding tert-OH is 1. The third-order valence-electron chi connectivity index (χ3n) is 7.33. The van der Waals surface area contributed by atoms with Crippen LogP contribution in [0.4, 0.5) is 10.1 Å². The Morgan fingerprint density at radius 2 is 2.11 bits per heavy atom. The number of aliphatic hydroxyl groups is 1. The first-order valence-electron chi connectivity index (χ1n) is 13.1. The summed E-state index contributed by atoms with van der Waals surface area (Å²) in [6, 6.07) is 5.05. The van der Waals surface area contributed by atoms with Crippen molar-refractivity contribution in [2.24, 2.45) is 26.8 Å². The number of hydrogen-bond acceptors (Lipinski definition) is 8. The number of fused-ring (bicyclic) bond motifs is 1. The van der Waals surface area contributed by atoms with E-state index in [0.717, 1.165) is 42.2 Å². The number of rotatable bonds is 7. The van der Waals surface area contributed by atoms with Gasteiger partial charge in [0.25, 0.3) is 0 Å². The van der Waals surface area contributed by atoms with Crippen LogP contribution in [0.3, 0.4) is 0 Å². The number of halogens is 1. The van der Waals surface area contributed by atoms with E-state index in [1.165, 1.54) is 6.07 Å². The monoisotopic (exact) mass is 505 g/mol. The van der Waals surface area contributed by atoms with Crippen LogP contribution in [-0.2, 0) is 9.47 Å². The van der Waals surface area contributed by atoms with Crippen molar-refractivity contribution in [3.8, 4) is 0 Å². The van der Waals surface area contributed by atoms with E-state index in [-0.39, 0.29) is 30.3 Å². The highest BCUT2D eigenvalue weighted by atomic mass is 19.1. The predicted molar refractivity (Wildman–Crippen MR) is 141 cm³/mol. The summed E-state index contributed by atoms with van der Waals surface area (Å²) in [7, 11) is 0. The second-order valence-electron chi connectivity index (χ2n) is 10.0. The molecule has 2 aliphatic carbocycles. The van der Waals surface area contributed by atoms with Gasteiger partial charge in [-0.1, -0.05) is 12.2 Å². The van der Waals surface area contributed by atoms with Crippen LogP contribution in [0, 0.1) is 17.7 Å². The van der Waals surface area contributed by atoms with Gasteiger partial charge in [-0.15, -0.1) is 0 Å². The highest BCUT2D eigenvalue weighted by Gasteiger charge is 2.33. The zero-order valence-electron chi connectivity index (χ0n) is 20.7. The molecule has 9 heteroatoms. The fourth-order valence-electron chi connectivity index (χ4n) is 5.06. The molecule has 194 valence electrons.